The average Bonchev–Trinajstić information content (AvgIpc) is 2.53. The first kappa shape index (κ1) is 14.0. The molecule has 20 heavy (non-hydrogen) atoms. The normalized spacial score (nSPS) is 11.7. The van der Waals surface area contributed by atoms with E-state index in [0.717, 1.165) is 16.8 Å². The predicted molar refractivity (Wildman–Crippen MR) is 80.6 cm³/mol. The van der Waals surface area contributed by atoms with Crippen molar-refractivity contribution in [2.24, 2.45) is 0 Å². The van der Waals surface area contributed by atoms with Crippen LogP contribution in [0.15, 0.2) is 67.3 Å². The molecule has 0 fully saturated rings. The minimum Gasteiger partial charge on any atom is -0.384 e. The lowest BCUT2D eigenvalue weighted by Gasteiger charge is -2.18. The summed E-state index contributed by atoms with van der Waals surface area (Å²) < 4.78 is 0. The number of aliphatic hydroxyl groups is 1. The molecule has 0 aliphatic carbocycles. The summed E-state index contributed by atoms with van der Waals surface area (Å²) in [4.78, 5) is 13.1. The van der Waals surface area contributed by atoms with Gasteiger partial charge in [0.2, 0.25) is 5.91 Å². The zero-order valence-electron chi connectivity index (χ0n) is 11.4. The van der Waals surface area contributed by atoms with Gasteiger partial charge in [-0.25, -0.2) is 0 Å². The number of hydrogen-bond acceptors (Lipinski definition) is 2. The van der Waals surface area contributed by atoms with Crippen LogP contribution in [0.5, 0.6) is 0 Å². The van der Waals surface area contributed by atoms with E-state index in [9.17, 15) is 9.90 Å². The Morgan fingerprint density at radius 2 is 1.80 bits per heavy atom. The maximum absolute atomic E-state index is 11.6. The Labute approximate surface area is 118 Å². The van der Waals surface area contributed by atoms with Gasteiger partial charge in [0.05, 0.1) is 0 Å². The fourth-order valence-electron chi connectivity index (χ4n) is 2.00. The molecule has 1 N–H and O–H groups in total. The van der Waals surface area contributed by atoms with Crippen LogP contribution in [0, 0.1) is 0 Å². The van der Waals surface area contributed by atoms with Crippen molar-refractivity contribution in [2.45, 2.75) is 6.10 Å². The molecule has 0 aliphatic rings. The summed E-state index contributed by atoms with van der Waals surface area (Å²) >= 11 is 0. The Hall–Kier alpha value is -2.39. The molecule has 0 heterocycles. The number of carbonyl (C=O) groups is 1. The van der Waals surface area contributed by atoms with Gasteiger partial charge in [0.25, 0.3) is 0 Å². The van der Waals surface area contributed by atoms with Crippen molar-refractivity contribution in [3.8, 4) is 0 Å². The first-order valence-corrected chi connectivity index (χ1v) is 6.36. The zero-order valence-corrected chi connectivity index (χ0v) is 11.4. The van der Waals surface area contributed by atoms with E-state index in [1.165, 1.54) is 11.0 Å². The zero-order chi connectivity index (χ0) is 14.5. The number of anilines is 1. The van der Waals surface area contributed by atoms with Crippen molar-refractivity contribution in [2.75, 3.05) is 11.9 Å². The van der Waals surface area contributed by atoms with Gasteiger partial charge in [0, 0.05) is 12.7 Å². The highest BCUT2D eigenvalue weighted by Gasteiger charge is 2.13. The topological polar surface area (TPSA) is 40.5 Å². The van der Waals surface area contributed by atoms with Crippen LogP contribution >= 0.6 is 0 Å². The number of amides is 1. The molecule has 0 radical (unpaired) electrons. The first-order valence-electron chi connectivity index (χ1n) is 6.36. The van der Waals surface area contributed by atoms with E-state index >= 15 is 0 Å². The summed E-state index contributed by atoms with van der Waals surface area (Å²) in [6.07, 6.45) is 0.559. The van der Waals surface area contributed by atoms with Gasteiger partial charge in [-0.1, -0.05) is 49.0 Å². The van der Waals surface area contributed by atoms with E-state index in [4.69, 9.17) is 0 Å². The smallest absolute Gasteiger partial charge is 0.250 e. The second-order valence-electron chi connectivity index (χ2n) is 4.51. The quantitative estimate of drug-likeness (QED) is 0.865. The third-order valence-corrected chi connectivity index (χ3v) is 3.19. The molecule has 1 unspecified atom stereocenters. The molecule has 0 spiro atoms. The third-order valence-electron chi connectivity index (χ3n) is 3.19. The first-order chi connectivity index (χ1) is 9.63. The third kappa shape index (κ3) is 2.95. The molecule has 2 rings (SSSR count). The molecular formula is C17H17NO2. The highest BCUT2D eigenvalue weighted by molar-refractivity contribution is 6.00. The maximum Gasteiger partial charge on any atom is 0.250 e. The number of rotatable bonds is 4. The fourth-order valence-corrected chi connectivity index (χ4v) is 2.00. The number of benzene rings is 2. The van der Waals surface area contributed by atoms with Gasteiger partial charge in [-0.2, -0.15) is 0 Å². The summed E-state index contributed by atoms with van der Waals surface area (Å²) in [6, 6.07) is 16.7. The van der Waals surface area contributed by atoms with Crippen LogP contribution in [-0.4, -0.2) is 18.1 Å². The van der Waals surface area contributed by atoms with Crippen LogP contribution in [-0.2, 0) is 4.79 Å². The van der Waals surface area contributed by atoms with Gasteiger partial charge in [0.15, 0.2) is 0 Å². The monoisotopic (exact) mass is 267 g/mol. The average molecular weight is 267 g/mol. The molecule has 0 aliphatic heterocycles. The van der Waals surface area contributed by atoms with Crippen molar-refractivity contribution in [1.82, 2.24) is 0 Å². The van der Waals surface area contributed by atoms with E-state index in [-0.39, 0.29) is 5.91 Å². The van der Waals surface area contributed by atoms with E-state index < -0.39 is 6.10 Å². The number of nitrogens with zero attached hydrogens (tertiary/aromatic N) is 1. The summed E-state index contributed by atoms with van der Waals surface area (Å²) in [6.45, 7) is 3.47. The highest BCUT2D eigenvalue weighted by Crippen LogP contribution is 2.25. The Kier molecular flexibility index (Phi) is 4.33. The van der Waals surface area contributed by atoms with Crippen molar-refractivity contribution < 1.29 is 9.90 Å². The minimum atomic E-state index is -0.705. The lowest BCUT2D eigenvalue weighted by molar-refractivity contribution is -0.113. The molecule has 0 saturated carbocycles. The summed E-state index contributed by atoms with van der Waals surface area (Å²) in [7, 11) is 1.68. The molecule has 3 heteroatoms. The van der Waals surface area contributed by atoms with Crippen molar-refractivity contribution in [1.29, 1.82) is 0 Å². The fraction of sp³-hybridized carbons (Fsp3) is 0.118. The Morgan fingerprint density at radius 1 is 1.15 bits per heavy atom. The summed E-state index contributed by atoms with van der Waals surface area (Å²) in [5.74, 6) is -0.184. The molecule has 0 saturated heterocycles. The van der Waals surface area contributed by atoms with Crippen LogP contribution < -0.4 is 4.90 Å². The van der Waals surface area contributed by atoms with Crippen LogP contribution in [0.3, 0.4) is 0 Å². The molecule has 3 nitrogen and oxygen atoms in total. The van der Waals surface area contributed by atoms with Crippen molar-refractivity contribution in [3.63, 3.8) is 0 Å². The molecule has 1 atom stereocenters. The number of aliphatic hydroxyl groups excluding tert-OH is 1. The molecule has 0 aromatic heterocycles. The Balaban J connectivity index is 2.30. The molecular weight excluding hydrogens is 250 g/mol. The van der Waals surface area contributed by atoms with Crippen LogP contribution in [0.25, 0.3) is 0 Å². The second kappa shape index (κ2) is 6.17. The second-order valence-corrected chi connectivity index (χ2v) is 4.51. The van der Waals surface area contributed by atoms with Gasteiger partial charge in [0.1, 0.15) is 6.10 Å². The van der Waals surface area contributed by atoms with Gasteiger partial charge in [-0.15, -0.1) is 0 Å². The van der Waals surface area contributed by atoms with E-state index in [1.807, 2.05) is 48.5 Å². The highest BCUT2D eigenvalue weighted by atomic mass is 16.3. The van der Waals surface area contributed by atoms with Crippen molar-refractivity contribution >= 4 is 11.6 Å². The van der Waals surface area contributed by atoms with Crippen LogP contribution in [0.4, 0.5) is 5.69 Å². The SMILES string of the molecule is C=CC(=O)N(C)c1cccc(C(O)c2ccccc2)c1. The Morgan fingerprint density at radius 3 is 2.45 bits per heavy atom. The van der Waals surface area contributed by atoms with Crippen LogP contribution in [0.1, 0.15) is 17.2 Å². The molecule has 2 aromatic carbocycles. The van der Waals surface area contributed by atoms with Crippen LogP contribution in [0.2, 0.25) is 0 Å². The molecule has 102 valence electrons. The van der Waals surface area contributed by atoms with Gasteiger partial charge in [-0.3, -0.25) is 4.79 Å². The van der Waals surface area contributed by atoms with E-state index in [1.54, 1.807) is 13.1 Å². The van der Waals surface area contributed by atoms with Gasteiger partial charge >= 0.3 is 0 Å². The standard InChI is InChI=1S/C17H17NO2/c1-3-16(19)18(2)15-11-7-10-14(12-15)17(20)13-8-5-4-6-9-13/h3-12,17,20H,1H2,2H3. The summed E-state index contributed by atoms with van der Waals surface area (Å²) in [5.41, 5.74) is 2.29. The number of hydrogen-bond donors (Lipinski definition) is 1. The van der Waals surface area contributed by atoms with E-state index in [2.05, 4.69) is 6.58 Å². The lowest BCUT2D eigenvalue weighted by Crippen LogP contribution is -2.23. The predicted octanol–water partition coefficient (Wildman–Crippen LogP) is 2.92. The molecule has 0 bridgehead atoms. The summed E-state index contributed by atoms with van der Waals surface area (Å²) in [5, 5.41) is 10.4. The number of likely N-dealkylation sites (N-methyl/N-ethyl adjacent to an activating group) is 1. The largest absolute Gasteiger partial charge is 0.384 e. The van der Waals surface area contributed by atoms with Gasteiger partial charge in [-0.05, 0) is 29.3 Å². The Bertz CT molecular complexity index is 607. The van der Waals surface area contributed by atoms with Gasteiger partial charge < -0.3 is 10.0 Å². The number of carbonyl (C=O) groups excluding carboxylic acids is 1. The lowest BCUT2D eigenvalue weighted by atomic mass is 10.0. The minimum absolute atomic E-state index is 0.184. The molecule has 2 aromatic rings. The van der Waals surface area contributed by atoms with Crippen molar-refractivity contribution in [3.05, 3.63) is 78.4 Å². The molecule has 1 amide bonds. The van der Waals surface area contributed by atoms with E-state index in [0.29, 0.717) is 0 Å². The maximum atomic E-state index is 11.6.